The number of hydrogen-bond donors (Lipinski definition) is 1. The van der Waals surface area contributed by atoms with Crippen molar-refractivity contribution in [3.05, 3.63) is 12.2 Å². The number of rotatable bonds is 15. The third kappa shape index (κ3) is 18.7. The van der Waals surface area contributed by atoms with E-state index in [-0.39, 0.29) is 0 Å². The van der Waals surface area contributed by atoms with E-state index in [0.29, 0.717) is 12.8 Å². The van der Waals surface area contributed by atoms with Gasteiger partial charge in [0.05, 0.1) is 6.07 Å². The molecule has 0 aliphatic rings. The number of carbonyl (C=O) groups is 1. The topological polar surface area (TPSA) is 61.1 Å². The summed E-state index contributed by atoms with van der Waals surface area (Å²) < 4.78 is 0. The van der Waals surface area contributed by atoms with Gasteiger partial charge in [0.2, 0.25) is 0 Å². The maximum absolute atomic E-state index is 10.3. The molecule has 0 atom stereocenters. The largest absolute Gasteiger partial charge is 0.481 e. The summed E-state index contributed by atoms with van der Waals surface area (Å²) in [6.07, 6.45) is 19.4. The summed E-state index contributed by atoms with van der Waals surface area (Å²) in [5.41, 5.74) is 0. The van der Waals surface area contributed by atoms with Crippen LogP contribution in [0.25, 0.3) is 0 Å². The highest BCUT2D eigenvalue weighted by Gasteiger charge is 1.95. The molecule has 0 radical (unpaired) electrons. The predicted octanol–water partition coefficient (Wildman–Crippen LogP) is 5.61. The molecule has 0 heterocycles. The maximum Gasteiger partial charge on any atom is 0.303 e. The zero-order valence-corrected chi connectivity index (χ0v) is 13.4. The second-order valence-electron chi connectivity index (χ2n) is 5.64. The summed E-state index contributed by atoms with van der Waals surface area (Å²) in [6, 6.07) is 2.18. The maximum atomic E-state index is 10.3. The molecule has 120 valence electrons. The molecule has 3 heteroatoms. The van der Waals surface area contributed by atoms with Gasteiger partial charge in [0.1, 0.15) is 0 Å². The van der Waals surface area contributed by atoms with E-state index in [1.807, 2.05) is 0 Å². The molecular formula is C18H31NO2. The summed E-state index contributed by atoms with van der Waals surface area (Å²) in [4.78, 5) is 10.3. The molecule has 0 saturated heterocycles. The minimum absolute atomic E-state index is 0.316. The van der Waals surface area contributed by atoms with Crippen molar-refractivity contribution < 1.29 is 9.90 Å². The van der Waals surface area contributed by atoms with E-state index in [9.17, 15) is 4.79 Å². The summed E-state index contributed by atoms with van der Waals surface area (Å²) in [7, 11) is 0. The second kappa shape index (κ2) is 16.8. The van der Waals surface area contributed by atoms with Crippen molar-refractivity contribution in [1.82, 2.24) is 0 Å². The van der Waals surface area contributed by atoms with Gasteiger partial charge in [-0.3, -0.25) is 4.79 Å². The number of nitriles is 1. The van der Waals surface area contributed by atoms with Crippen LogP contribution in [0, 0.1) is 11.3 Å². The standard InChI is InChI=1S/C18H31NO2/c19-17-15-13-11-9-7-5-3-1-2-4-6-8-10-12-14-16-18(20)21/h1-2H,3-16H2,(H,20,21). The van der Waals surface area contributed by atoms with Crippen LogP contribution in [0.15, 0.2) is 12.2 Å². The molecule has 0 spiro atoms. The summed E-state index contributed by atoms with van der Waals surface area (Å²) in [5.74, 6) is -0.678. The van der Waals surface area contributed by atoms with Crippen molar-refractivity contribution in [1.29, 1.82) is 5.26 Å². The fourth-order valence-electron chi connectivity index (χ4n) is 2.30. The fraction of sp³-hybridized carbons (Fsp3) is 0.778. The van der Waals surface area contributed by atoms with E-state index in [1.54, 1.807) is 0 Å². The fourth-order valence-corrected chi connectivity index (χ4v) is 2.30. The highest BCUT2D eigenvalue weighted by atomic mass is 16.4. The van der Waals surface area contributed by atoms with Crippen LogP contribution in [0.3, 0.4) is 0 Å². The van der Waals surface area contributed by atoms with Crippen molar-refractivity contribution >= 4 is 5.97 Å². The SMILES string of the molecule is N#CCCCCCCCC=CCCCCCCCC(=O)O. The summed E-state index contributed by atoms with van der Waals surface area (Å²) >= 11 is 0. The third-order valence-electron chi connectivity index (χ3n) is 3.59. The van der Waals surface area contributed by atoms with Crippen molar-refractivity contribution in [3.8, 4) is 6.07 Å². The number of carboxylic acid groups (broad SMARTS) is 1. The number of carboxylic acids is 1. The zero-order valence-electron chi connectivity index (χ0n) is 13.4. The molecule has 0 aliphatic carbocycles. The van der Waals surface area contributed by atoms with Crippen molar-refractivity contribution in [2.75, 3.05) is 0 Å². The van der Waals surface area contributed by atoms with Gasteiger partial charge < -0.3 is 5.11 Å². The molecule has 21 heavy (non-hydrogen) atoms. The average Bonchev–Trinajstić information content (AvgIpc) is 2.46. The molecule has 0 aromatic heterocycles. The lowest BCUT2D eigenvalue weighted by Crippen LogP contribution is -1.93. The van der Waals surface area contributed by atoms with Gasteiger partial charge in [-0.25, -0.2) is 0 Å². The summed E-state index contributed by atoms with van der Waals surface area (Å²) in [5, 5.41) is 16.9. The van der Waals surface area contributed by atoms with E-state index >= 15 is 0 Å². The Bertz CT molecular complexity index is 305. The Kier molecular flexibility index (Phi) is 15.7. The molecule has 0 aromatic rings. The van der Waals surface area contributed by atoms with Crippen LogP contribution in [0.1, 0.15) is 89.9 Å². The molecule has 0 fully saturated rings. The van der Waals surface area contributed by atoms with Gasteiger partial charge in [0, 0.05) is 12.8 Å². The van der Waals surface area contributed by atoms with E-state index in [1.165, 1.54) is 44.9 Å². The number of aliphatic carboxylic acids is 1. The van der Waals surface area contributed by atoms with Gasteiger partial charge in [-0.05, 0) is 38.5 Å². The van der Waals surface area contributed by atoms with Crippen molar-refractivity contribution in [3.63, 3.8) is 0 Å². The Balaban J connectivity index is 3.09. The molecule has 0 unspecified atom stereocenters. The minimum atomic E-state index is -0.678. The van der Waals surface area contributed by atoms with Crippen LogP contribution in [0.5, 0.6) is 0 Å². The molecular weight excluding hydrogens is 262 g/mol. The van der Waals surface area contributed by atoms with Crippen LogP contribution in [0.4, 0.5) is 0 Å². The molecule has 3 nitrogen and oxygen atoms in total. The highest BCUT2D eigenvalue weighted by Crippen LogP contribution is 2.09. The van der Waals surface area contributed by atoms with Gasteiger partial charge in [0.15, 0.2) is 0 Å². The molecule has 0 bridgehead atoms. The van der Waals surface area contributed by atoms with E-state index < -0.39 is 5.97 Å². The zero-order chi connectivity index (χ0) is 15.6. The number of nitrogens with zero attached hydrogens (tertiary/aromatic N) is 1. The van der Waals surface area contributed by atoms with Crippen LogP contribution < -0.4 is 0 Å². The Hall–Kier alpha value is -1.30. The highest BCUT2D eigenvalue weighted by molar-refractivity contribution is 5.66. The molecule has 0 saturated carbocycles. The van der Waals surface area contributed by atoms with Crippen LogP contribution in [-0.4, -0.2) is 11.1 Å². The number of allylic oxidation sites excluding steroid dienone is 2. The predicted molar refractivity (Wildman–Crippen MR) is 87.0 cm³/mol. The first-order valence-corrected chi connectivity index (χ1v) is 8.51. The Labute approximate surface area is 130 Å². The van der Waals surface area contributed by atoms with Crippen molar-refractivity contribution in [2.24, 2.45) is 0 Å². The van der Waals surface area contributed by atoms with Crippen LogP contribution in [-0.2, 0) is 4.79 Å². The molecule has 0 rings (SSSR count). The van der Waals surface area contributed by atoms with E-state index in [0.717, 1.165) is 32.1 Å². The summed E-state index contributed by atoms with van der Waals surface area (Å²) in [6.45, 7) is 0. The minimum Gasteiger partial charge on any atom is -0.481 e. The van der Waals surface area contributed by atoms with Gasteiger partial charge in [-0.2, -0.15) is 5.26 Å². The molecule has 1 N–H and O–H groups in total. The van der Waals surface area contributed by atoms with E-state index in [2.05, 4.69) is 18.2 Å². The van der Waals surface area contributed by atoms with E-state index in [4.69, 9.17) is 10.4 Å². The Morgan fingerprint density at radius 1 is 0.810 bits per heavy atom. The van der Waals surface area contributed by atoms with Gasteiger partial charge in [0.25, 0.3) is 0 Å². The monoisotopic (exact) mass is 293 g/mol. The molecule has 0 amide bonds. The van der Waals surface area contributed by atoms with Crippen LogP contribution >= 0.6 is 0 Å². The first-order valence-electron chi connectivity index (χ1n) is 8.51. The first-order chi connectivity index (χ1) is 10.3. The first kappa shape index (κ1) is 19.7. The quantitative estimate of drug-likeness (QED) is 0.315. The van der Waals surface area contributed by atoms with Crippen LogP contribution in [0.2, 0.25) is 0 Å². The molecule has 0 aliphatic heterocycles. The normalized spacial score (nSPS) is 10.8. The smallest absolute Gasteiger partial charge is 0.303 e. The average molecular weight is 293 g/mol. The van der Waals surface area contributed by atoms with Gasteiger partial charge in [-0.15, -0.1) is 0 Å². The lowest BCUT2D eigenvalue weighted by atomic mass is 10.1. The van der Waals surface area contributed by atoms with Crippen molar-refractivity contribution in [2.45, 2.75) is 89.9 Å². The van der Waals surface area contributed by atoms with Gasteiger partial charge in [-0.1, -0.05) is 50.7 Å². The lowest BCUT2D eigenvalue weighted by molar-refractivity contribution is -0.137. The number of hydrogen-bond acceptors (Lipinski definition) is 2. The van der Waals surface area contributed by atoms with Gasteiger partial charge >= 0.3 is 5.97 Å². The second-order valence-corrected chi connectivity index (χ2v) is 5.64. The third-order valence-corrected chi connectivity index (χ3v) is 3.59. The number of unbranched alkanes of at least 4 members (excludes halogenated alkanes) is 11. The Morgan fingerprint density at radius 3 is 1.81 bits per heavy atom. The molecule has 0 aromatic carbocycles. The lowest BCUT2D eigenvalue weighted by Gasteiger charge is -1.99. The Morgan fingerprint density at radius 2 is 1.29 bits per heavy atom.